The first-order chi connectivity index (χ1) is 67.5. The number of pyridine rings is 8. The number of para-hydroxylation sites is 4. The fraction of sp³-hybridized carbons (Fsp3) is 0.333. The van der Waals surface area contributed by atoms with Crippen molar-refractivity contribution >= 4 is 30.2 Å². The van der Waals surface area contributed by atoms with Gasteiger partial charge >= 0.3 is 30.2 Å². The molecule has 0 radical (unpaired) electrons. The predicted octanol–water partition coefficient (Wildman–Crippen LogP) is -10.3. The van der Waals surface area contributed by atoms with E-state index in [0.717, 1.165) is 76.0 Å². The minimum absolute atomic E-state index is 0. The molecule has 4 saturated carbocycles. The molecule has 26 nitrogen and oxygen atoms in total. The number of nitrogens with one attached hydrogen (secondary N) is 2. The number of hydrogen-bond donors (Lipinski definition) is 2. The zero-order valence-corrected chi connectivity index (χ0v) is 85.0. The Labute approximate surface area is 881 Å². The van der Waals surface area contributed by atoms with Crippen molar-refractivity contribution in [2.75, 3.05) is 26.2 Å². The average Bonchev–Trinajstić information content (AvgIpc) is 1.82. The molecular formula is C96H114B4Cl4F16Fe2N10O16. The van der Waals surface area contributed by atoms with Gasteiger partial charge in [0.25, 0.3) is 0 Å². The number of aryl methyl sites for hydroxylation is 2. The molecule has 0 unspecified atom stereocenters. The van der Waals surface area contributed by atoms with Crippen LogP contribution < -0.4 is 141 Å². The van der Waals surface area contributed by atoms with Gasteiger partial charge in [-0.25, -0.2) is 92.8 Å². The summed E-state index contributed by atoms with van der Waals surface area (Å²) in [6, 6.07) is 76.9. The van der Waals surface area contributed by atoms with Gasteiger partial charge in [-0.15, -0.1) is 41.0 Å². The van der Waals surface area contributed by atoms with Crippen LogP contribution in [0.15, 0.2) is 318 Å². The Bertz CT molecular complexity index is 4870. The Morgan fingerprint density at radius 1 is 0.209 bits per heavy atom. The van der Waals surface area contributed by atoms with Crippen LogP contribution in [-0.2, 0) is 60.3 Å². The minimum Gasteiger partial charge on any atom is -1.00 e. The Morgan fingerprint density at radius 2 is 0.345 bits per heavy atom. The first-order valence-corrected chi connectivity index (χ1v) is 50.2. The first-order valence-electron chi connectivity index (χ1n) is 45.3. The zero-order chi connectivity index (χ0) is 104. The van der Waals surface area contributed by atoms with Crippen molar-refractivity contribution in [1.82, 2.24) is 10.6 Å². The summed E-state index contributed by atoms with van der Waals surface area (Å²) < 4.78 is 270. The van der Waals surface area contributed by atoms with Gasteiger partial charge in [0.2, 0.25) is 22.7 Å². The van der Waals surface area contributed by atoms with E-state index in [9.17, 15) is 51.8 Å². The molecule has 148 heavy (non-hydrogen) atoms. The van der Waals surface area contributed by atoms with Crippen molar-refractivity contribution < 1.29 is 257 Å². The molecule has 8 heterocycles. The van der Waals surface area contributed by atoms with Crippen LogP contribution in [0.4, 0.5) is 51.8 Å². The third kappa shape index (κ3) is 70.7. The fourth-order valence-electron chi connectivity index (χ4n) is 15.9. The van der Waals surface area contributed by atoms with E-state index in [1.54, 1.807) is 0 Å². The van der Waals surface area contributed by atoms with Crippen LogP contribution in [-0.4, -0.2) is 56.4 Å². The SMILES string of the molecule is FB(F)F.FB(F)F.FB(F)F.FB(F)F.[F-].[F-].[F-].[F-].[Fe].[Fe].[O-][Cl+3]([O-])([O-])[O-].[O-][Cl+3]([O-])([O-])[O-].[O-][Cl+3]([O-])([O-])[O-].[O-][Cl+3]([O-])([O-])[O-].c1ccc(-[n+]2ccc(-c3cc[n+](CCC4CCCC4)cc3)cc2)cc1.c1ccc(-[n+]2ccc(-c3cc[n+](CCC4CCCC4)cc3)cc2)cc1.c1ccc(-[n+]2ccc(-c3cc[n+](CCNCCC4CCCC4)cc3)cc2)cc1.c1ccc(-[n+]2ccc(-c3cc[n+](CCNCCC4CCCC4)cc3)cc2)cc1. The number of halogens is 20. The number of aromatic nitrogens is 8. The quantitative estimate of drug-likeness (QED) is 0.0220. The molecule has 52 heteroatoms. The van der Waals surface area contributed by atoms with E-state index < -0.39 is 71.1 Å². The minimum atomic E-state index is -4.94. The van der Waals surface area contributed by atoms with Gasteiger partial charge < -0.3 is 29.5 Å². The van der Waals surface area contributed by atoms with Crippen molar-refractivity contribution in [3.63, 3.8) is 0 Å². The van der Waals surface area contributed by atoms with Crippen LogP contribution in [0, 0.1) is 64.6 Å². The molecule has 0 saturated heterocycles. The van der Waals surface area contributed by atoms with Crippen LogP contribution in [0.5, 0.6) is 0 Å². The van der Waals surface area contributed by atoms with Crippen molar-refractivity contribution in [3.8, 4) is 67.3 Å². The van der Waals surface area contributed by atoms with Crippen molar-refractivity contribution in [2.45, 2.75) is 155 Å². The zero-order valence-electron chi connectivity index (χ0n) is 79.8. The van der Waals surface area contributed by atoms with Gasteiger partial charge in [-0.3, -0.25) is 51.8 Å². The Balaban J connectivity index is 0. The number of nitrogens with zero attached hydrogens (tertiary/aromatic N) is 8. The van der Waals surface area contributed by atoms with E-state index in [1.165, 1.54) is 196 Å². The molecule has 0 amide bonds. The largest absolute Gasteiger partial charge is 1.00 e. The van der Waals surface area contributed by atoms with Crippen molar-refractivity contribution in [1.29, 1.82) is 0 Å². The van der Waals surface area contributed by atoms with Crippen molar-refractivity contribution in [3.05, 3.63) is 318 Å². The smallest absolute Gasteiger partial charge is 0.762 e. The molecule has 4 aromatic carbocycles. The molecule has 16 rings (SSSR count). The molecule has 4 fully saturated rings. The van der Waals surface area contributed by atoms with E-state index >= 15 is 0 Å². The maximum Gasteiger partial charge on any atom is 0.762 e. The summed E-state index contributed by atoms with van der Waals surface area (Å²) >= 11 is 0. The molecule has 0 aliphatic heterocycles. The second kappa shape index (κ2) is 78.8. The van der Waals surface area contributed by atoms with Gasteiger partial charge in [-0.1, -0.05) is 176 Å². The molecule has 4 aliphatic rings. The van der Waals surface area contributed by atoms with Crippen LogP contribution in [0.1, 0.15) is 128 Å². The van der Waals surface area contributed by atoms with E-state index in [4.69, 9.17) is 74.5 Å². The molecule has 812 valence electrons. The van der Waals surface area contributed by atoms with Crippen LogP contribution in [0.2, 0.25) is 0 Å². The standard InChI is InChI=1S/2C25H31N3.2C23H26N2.4BF3.4ClHO4.4FH.2Fe/c2*1-2-8-25(9-3-1)28-19-13-24(14-20-28)23-11-17-27(18-12-23)21-16-26-15-10-22-6-4-5-7-22;2*1-2-8-23(9-3-1)25-18-13-22(14-19-25)21-11-16-24(17-12-21)15-10-20-6-4-5-7-20;4*2-1(3)4;4*2-1(3,4)5;;;;;;/h2*1-3,8-9,11-14,17-20,22,26H,4-7,10,15-16,21H2;2*1-3,8-9,11-14,16-20H,4-7,10,15H2;;;;;4*(H,2,3,4,5);4*1H;;/q4*+2;;;;;;;;;;;;;;/p-8. The Morgan fingerprint density at radius 3 is 0.500 bits per heavy atom. The van der Waals surface area contributed by atoms with Crippen LogP contribution in [0.3, 0.4) is 0 Å². The van der Waals surface area contributed by atoms with Gasteiger partial charge in [-0.05, 0) is 94.1 Å². The summed E-state index contributed by atoms with van der Waals surface area (Å²) in [5.41, 5.74) is 14.8. The molecule has 0 atom stereocenters. The summed E-state index contributed by atoms with van der Waals surface area (Å²) in [5.74, 6) is 3.86. The van der Waals surface area contributed by atoms with Crippen molar-refractivity contribution in [2.24, 2.45) is 23.7 Å². The maximum atomic E-state index is 9.67. The predicted molar refractivity (Wildman–Crippen MR) is 463 cm³/mol. The van der Waals surface area contributed by atoms with E-state index in [1.807, 2.05) is 24.3 Å². The third-order valence-corrected chi connectivity index (χ3v) is 22.5. The molecule has 2 N–H and O–H groups in total. The van der Waals surface area contributed by atoms with Gasteiger partial charge in [0.1, 0.15) is 13.1 Å². The molecule has 12 aromatic rings. The Hall–Kier alpha value is -9.30. The fourth-order valence-corrected chi connectivity index (χ4v) is 15.9. The first kappa shape index (κ1) is 141. The molecule has 0 spiro atoms. The second-order valence-corrected chi connectivity index (χ2v) is 35.4. The number of benzene rings is 4. The van der Waals surface area contributed by atoms with Gasteiger partial charge in [0.15, 0.2) is 112 Å². The van der Waals surface area contributed by atoms with Gasteiger partial charge in [-0.2, -0.15) is 18.3 Å². The van der Waals surface area contributed by atoms with Gasteiger partial charge in [0, 0.05) is 193 Å². The van der Waals surface area contributed by atoms with Gasteiger partial charge in [0.05, 0.1) is 13.1 Å². The summed E-state index contributed by atoms with van der Waals surface area (Å²) in [4.78, 5) is 0. The third-order valence-electron chi connectivity index (χ3n) is 22.5. The normalized spacial score (nSPS) is 12.8. The summed E-state index contributed by atoms with van der Waals surface area (Å²) in [7, 11) is -34.4. The topological polar surface area (TPSA) is 424 Å². The molecule has 8 aromatic heterocycles. The number of hydrogen-bond acceptors (Lipinski definition) is 18. The van der Waals surface area contributed by atoms with Crippen LogP contribution in [0.25, 0.3) is 67.3 Å². The summed E-state index contributed by atoms with van der Waals surface area (Å²) in [6.07, 6.45) is 63.1. The maximum absolute atomic E-state index is 9.67. The average molecular weight is 2260 g/mol. The molecular weight excluding hydrogens is 2150 g/mol. The number of rotatable bonds is 26. The molecule has 0 bridgehead atoms. The monoisotopic (exact) mass is 2260 g/mol. The Kier molecular flexibility index (Phi) is 74.9. The van der Waals surface area contributed by atoms with E-state index in [-0.39, 0.29) is 53.0 Å². The second-order valence-electron chi connectivity index (χ2n) is 32.4. The van der Waals surface area contributed by atoms with E-state index in [2.05, 4.69) is 340 Å². The summed E-state index contributed by atoms with van der Waals surface area (Å²) in [6.45, 7) is 8.74. The molecule has 4 aliphatic carbocycles. The van der Waals surface area contributed by atoms with Crippen LogP contribution >= 0.6 is 0 Å². The summed E-state index contributed by atoms with van der Waals surface area (Å²) in [5, 5.41) is 7.21. The van der Waals surface area contributed by atoms with E-state index in [0.29, 0.717) is 0 Å².